The lowest BCUT2D eigenvalue weighted by atomic mass is 10.1. The Bertz CT molecular complexity index is 1030. The Morgan fingerprint density at radius 3 is 2.67 bits per heavy atom. The van der Waals surface area contributed by atoms with E-state index in [1.165, 1.54) is 36.0 Å². The molecule has 0 aliphatic carbocycles. The van der Waals surface area contributed by atoms with E-state index >= 15 is 0 Å². The van der Waals surface area contributed by atoms with Gasteiger partial charge in [-0.2, -0.15) is 0 Å². The first-order valence-corrected chi connectivity index (χ1v) is 10.4. The number of nitrogens with zero attached hydrogens (tertiary/aromatic N) is 2. The van der Waals surface area contributed by atoms with E-state index in [1.54, 1.807) is 10.6 Å². The van der Waals surface area contributed by atoms with Crippen LogP contribution in [-0.4, -0.2) is 21.1 Å². The Morgan fingerprint density at radius 1 is 1.22 bits per heavy atom. The number of thioether (sulfide) groups is 1. The topological polar surface area (TPSA) is 52.0 Å². The highest BCUT2D eigenvalue weighted by molar-refractivity contribution is 9.10. The molecule has 0 amide bonds. The summed E-state index contributed by atoms with van der Waals surface area (Å²) in [7, 11) is 0. The number of Topliss-reactive ketones (excluding diaryl/α,β-unsaturated/α-hetero) is 1. The van der Waals surface area contributed by atoms with E-state index < -0.39 is 0 Å². The van der Waals surface area contributed by atoms with Gasteiger partial charge in [0.25, 0.3) is 5.56 Å². The van der Waals surface area contributed by atoms with E-state index in [-0.39, 0.29) is 17.2 Å². The van der Waals surface area contributed by atoms with Crippen LogP contribution in [0.15, 0.2) is 56.9 Å². The van der Waals surface area contributed by atoms with Gasteiger partial charge < -0.3 is 0 Å². The lowest BCUT2D eigenvalue weighted by Gasteiger charge is -2.11. The second-order valence-electron chi connectivity index (χ2n) is 5.99. The van der Waals surface area contributed by atoms with Crippen molar-refractivity contribution in [2.45, 2.75) is 31.5 Å². The fourth-order valence-corrected chi connectivity index (χ4v) is 4.10. The molecule has 2 aromatic carbocycles. The fourth-order valence-electron chi connectivity index (χ4n) is 2.74. The van der Waals surface area contributed by atoms with Crippen molar-refractivity contribution in [3.63, 3.8) is 0 Å². The largest absolute Gasteiger partial charge is 0.294 e. The molecule has 27 heavy (non-hydrogen) atoms. The van der Waals surface area contributed by atoms with Gasteiger partial charge >= 0.3 is 0 Å². The van der Waals surface area contributed by atoms with E-state index in [9.17, 15) is 14.0 Å². The third-order valence-electron chi connectivity index (χ3n) is 4.14. The first-order chi connectivity index (χ1) is 13.0. The number of halogens is 2. The number of carbonyl (C=O) groups excluding carboxylic acids is 1. The van der Waals surface area contributed by atoms with Crippen LogP contribution in [0.2, 0.25) is 0 Å². The summed E-state index contributed by atoms with van der Waals surface area (Å²) in [5, 5.41) is 1.24. The standard InChI is InChI=1S/C20H18BrFN2O2S/c1-2-24-19(26)16-12-14(21)7-10-17(16)23-20(24)27-11-3-4-18(25)13-5-8-15(22)9-6-13/h5-10,12H,2-4,11H2,1H3. The molecule has 7 heteroatoms. The number of hydrogen-bond donors (Lipinski definition) is 0. The molecule has 0 saturated carbocycles. The van der Waals surface area contributed by atoms with Crippen molar-refractivity contribution in [1.82, 2.24) is 9.55 Å². The van der Waals surface area contributed by atoms with Gasteiger partial charge in [-0.15, -0.1) is 0 Å². The molecule has 0 saturated heterocycles. The molecule has 1 heterocycles. The number of aromatic nitrogens is 2. The third kappa shape index (κ3) is 4.65. The minimum absolute atomic E-state index is 0.0141. The van der Waals surface area contributed by atoms with Gasteiger partial charge in [-0.05, 0) is 55.8 Å². The quantitative estimate of drug-likeness (QED) is 0.219. The van der Waals surface area contributed by atoms with Gasteiger partial charge in [0.15, 0.2) is 10.9 Å². The van der Waals surface area contributed by atoms with Gasteiger partial charge in [0.2, 0.25) is 0 Å². The predicted molar refractivity (Wildman–Crippen MR) is 110 cm³/mol. The van der Waals surface area contributed by atoms with E-state index in [0.717, 1.165) is 4.47 Å². The minimum Gasteiger partial charge on any atom is -0.294 e. The molecule has 0 atom stereocenters. The second-order valence-corrected chi connectivity index (χ2v) is 7.97. The summed E-state index contributed by atoms with van der Waals surface area (Å²) < 4.78 is 15.4. The van der Waals surface area contributed by atoms with E-state index in [2.05, 4.69) is 20.9 Å². The highest BCUT2D eigenvalue weighted by Gasteiger charge is 2.12. The summed E-state index contributed by atoms with van der Waals surface area (Å²) in [6, 6.07) is 11.1. The Hall–Kier alpha value is -1.99. The predicted octanol–water partition coefficient (Wildman–Crippen LogP) is 5.07. The van der Waals surface area contributed by atoms with Gasteiger partial charge in [0.05, 0.1) is 10.9 Å². The van der Waals surface area contributed by atoms with E-state index in [0.29, 0.717) is 46.8 Å². The number of fused-ring (bicyclic) bond motifs is 1. The molecule has 4 nitrogen and oxygen atoms in total. The molecule has 0 aliphatic heterocycles. The number of rotatable bonds is 7. The molecule has 140 valence electrons. The zero-order chi connectivity index (χ0) is 19.4. The normalized spacial score (nSPS) is 11.1. The molecule has 3 rings (SSSR count). The fraction of sp³-hybridized carbons (Fsp3) is 0.250. The van der Waals surface area contributed by atoms with Crippen LogP contribution >= 0.6 is 27.7 Å². The molecular weight excluding hydrogens is 431 g/mol. The van der Waals surface area contributed by atoms with Gasteiger partial charge in [0, 0.05) is 28.8 Å². The first-order valence-electron chi connectivity index (χ1n) is 8.61. The summed E-state index contributed by atoms with van der Waals surface area (Å²) in [6.45, 7) is 2.44. The van der Waals surface area contributed by atoms with Crippen molar-refractivity contribution < 1.29 is 9.18 Å². The number of carbonyl (C=O) groups is 1. The lowest BCUT2D eigenvalue weighted by molar-refractivity contribution is 0.0982. The van der Waals surface area contributed by atoms with Crippen molar-refractivity contribution in [3.8, 4) is 0 Å². The van der Waals surface area contributed by atoms with Crippen LogP contribution in [0.3, 0.4) is 0 Å². The number of hydrogen-bond acceptors (Lipinski definition) is 4. The molecular formula is C20H18BrFN2O2S. The summed E-state index contributed by atoms with van der Waals surface area (Å²) in [4.78, 5) is 29.4. The molecule has 0 spiro atoms. The Morgan fingerprint density at radius 2 is 1.96 bits per heavy atom. The SMILES string of the molecule is CCn1c(SCCCC(=O)c2ccc(F)cc2)nc2ccc(Br)cc2c1=O. The highest BCUT2D eigenvalue weighted by atomic mass is 79.9. The monoisotopic (exact) mass is 448 g/mol. The van der Waals surface area contributed by atoms with Crippen LogP contribution in [-0.2, 0) is 6.54 Å². The van der Waals surface area contributed by atoms with Crippen molar-refractivity contribution in [2.75, 3.05) is 5.75 Å². The molecule has 0 radical (unpaired) electrons. The van der Waals surface area contributed by atoms with Crippen LogP contribution in [0.1, 0.15) is 30.1 Å². The van der Waals surface area contributed by atoms with Crippen molar-refractivity contribution in [3.05, 3.63) is 68.7 Å². The zero-order valence-corrected chi connectivity index (χ0v) is 17.1. The maximum absolute atomic E-state index is 12.9. The molecule has 0 bridgehead atoms. The van der Waals surface area contributed by atoms with Crippen molar-refractivity contribution >= 4 is 44.4 Å². The van der Waals surface area contributed by atoms with Crippen LogP contribution in [0.25, 0.3) is 10.9 Å². The third-order valence-corrected chi connectivity index (χ3v) is 5.70. The van der Waals surface area contributed by atoms with Gasteiger partial charge in [-0.1, -0.05) is 27.7 Å². The highest BCUT2D eigenvalue weighted by Crippen LogP contribution is 2.21. The maximum atomic E-state index is 12.9. The van der Waals surface area contributed by atoms with Crippen molar-refractivity contribution in [2.24, 2.45) is 0 Å². The van der Waals surface area contributed by atoms with Gasteiger partial charge in [-0.3, -0.25) is 14.2 Å². The summed E-state index contributed by atoms with van der Waals surface area (Å²) >= 11 is 4.86. The zero-order valence-electron chi connectivity index (χ0n) is 14.7. The Balaban J connectivity index is 1.68. The van der Waals surface area contributed by atoms with Gasteiger partial charge in [-0.25, -0.2) is 9.37 Å². The van der Waals surface area contributed by atoms with E-state index in [4.69, 9.17) is 0 Å². The number of ketones is 1. The minimum atomic E-state index is -0.353. The summed E-state index contributed by atoms with van der Waals surface area (Å²) in [5.41, 5.74) is 1.12. The van der Waals surface area contributed by atoms with Crippen LogP contribution < -0.4 is 5.56 Å². The van der Waals surface area contributed by atoms with Crippen LogP contribution in [0, 0.1) is 5.82 Å². The van der Waals surface area contributed by atoms with E-state index in [1.807, 2.05) is 19.1 Å². The van der Waals surface area contributed by atoms with Crippen molar-refractivity contribution in [1.29, 1.82) is 0 Å². The molecule has 0 N–H and O–H groups in total. The second kappa shape index (κ2) is 8.80. The molecule has 0 unspecified atom stereocenters. The molecule has 0 fully saturated rings. The van der Waals surface area contributed by atoms with Crippen LogP contribution in [0.5, 0.6) is 0 Å². The first kappa shape index (κ1) is 19.8. The molecule has 3 aromatic rings. The maximum Gasteiger partial charge on any atom is 0.262 e. The number of benzene rings is 2. The smallest absolute Gasteiger partial charge is 0.262 e. The van der Waals surface area contributed by atoms with Gasteiger partial charge in [0.1, 0.15) is 5.82 Å². The van der Waals surface area contributed by atoms with Crippen LogP contribution in [0.4, 0.5) is 4.39 Å². The molecule has 0 aliphatic rings. The average Bonchev–Trinajstić information content (AvgIpc) is 2.66. The summed E-state index contributed by atoms with van der Waals surface area (Å²) in [5.74, 6) is 0.301. The summed E-state index contributed by atoms with van der Waals surface area (Å²) in [6.07, 6.45) is 1.02. The Labute approximate surface area is 168 Å². The lowest BCUT2D eigenvalue weighted by Crippen LogP contribution is -2.22. The molecule has 1 aromatic heterocycles. The average molecular weight is 449 g/mol. The Kier molecular flexibility index (Phi) is 6.44.